The summed E-state index contributed by atoms with van der Waals surface area (Å²) in [4.78, 5) is 13.8. The van der Waals surface area contributed by atoms with Crippen LogP contribution in [0, 0.1) is 12.8 Å². The molecule has 202 valence electrons. The summed E-state index contributed by atoms with van der Waals surface area (Å²) in [6.45, 7) is 9.38. The highest BCUT2D eigenvalue weighted by Crippen LogP contribution is 2.37. The highest BCUT2D eigenvalue weighted by Gasteiger charge is 2.28. The van der Waals surface area contributed by atoms with Gasteiger partial charge in [0.05, 0.1) is 18.0 Å². The summed E-state index contributed by atoms with van der Waals surface area (Å²) in [5, 5.41) is 8.60. The third-order valence-corrected chi connectivity index (χ3v) is 7.24. The number of urea groups is 1. The lowest BCUT2D eigenvalue weighted by molar-refractivity contribution is 0.245. The molecule has 0 atom stereocenters. The quantitative estimate of drug-likeness (QED) is 0.263. The highest BCUT2D eigenvalue weighted by atomic mass is 35.5. The first kappa shape index (κ1) is 26.8. The Balaban J connectivity index is 1.60. The molecular weight excluding hydrogens is 510 g/mol. The molecule has 3 aromatic carbocycles. The van der Waals surface area contributed by atoms with Crippen LogP contribution in [0.25, 0.3) is 16.9 Å². The first-order valence-electron chi connectivity index (χ1n) is 13.3. The predicted octanol–water partition coefficient (Wildman–Crippen LogP) is 6.58. The summed E-state index contributed by atoms with van der Waals surface area (Å²) in [5.41, 5.74) is 13.4. The molecule has 1 aromatic heterocycles. The molecular formula is C31H34ClN5O2. The van der Waals surface area contributed by atoms with E-state index in [1.807, 2.05) is 59.3 Å². The Morgan fingerprint density at radius 3 is 2.59 bits per heavy atom. The van der Waals surface area contributed by atoms with Crippen LogP contribution < -0.4 is 15.8 Å². The molecule has 8 heteroatoms. The van der Waals surface area contributed by atoms with Gasteiger partial charge in [-0.3, -0.25) is 4.90 Å². The lowest BCUT2D eigenvalue weighted by atomic mass is 9.99. The molecule has 5 rings (SSSR count). The van der Waals surface area contributed by atoms with Crippen LogP contribution in [0.15, 0.2) is 66.7 Å². The zero-order valence-electron chi connectivity index (χ0n) is 22.6. The number of anilines is 1. The molecule has 0 saturated heterocycles. The van der Waals surface area contributed by atoms with E-state index < -0.39 is 6.03 Å². The van der Waals surface area contributed by atoms with Crippen molar-refractivity contribution in [2.24, 2.45) is 11.7 Å². The summed E-state index contributed by atoms with van der Waals surface area (Å²) in [7, 11) is 0. The van der Waals surface area contributed by atoms with E-state index in [1.54, 1.807) is 0 Å². The number of carbonyl (C=O) groups excluding carboxylic acids is 1. The standard InChI is InChI=1S/C31H34ClN5O2/c1-20(2)19-39-28-10-6-7-21(3)29(28)37-30(22-11-13-24(14-12-22)34-31(33)38)25-18-36(16-15-27(25)35-37)17-23-8-4-5-9-26(23)32/h4-14,20H,15-19H2,1-3H3,(H3,33,34,38). The van der Waals surface area contributed by atoms with E-state index >= 15 is 0 Å². The van der Waals surface area contributed by atoms with Crippen molar-refractivity contribution in [3.63, 3.8) is 0 Å². The molecule has 0 unspecified atom stereocenters. The third kappa shape index (κ3) is 5.95. The molecule has 7 nitrogen and oxygen atoms in total. The number of aromatic nitrogens is 2. The van der Waals surface area contributed by atoms with Gasteiger partial charge in [0.15, 0.2) is 0 Å². The lowest BCUT2D eigenvalue weighted by Crippen LogP contribution is -2.30. The molecule has 2 amide bonds. The number of nitrogens with one attached hydrogen (secondary N) is 1. The van der Waals surface area contributed by atoms with Crippen LogP contribution in [0.1, 0.15) is 36.2 Å². The second kappa shape index (κ2) is 11.5. The van der Waals surface area contributed by atoms with Crippen LogP contribution in [0.5, 0.6) is 5.75 Å². The normalized spacial score (nSPS) is 13.4. The van der Waals surface area contributed by atoms with Crippen molar-refractivity contribution < 1.29 is 9.53 Å². The Morgan fingerprint density at radius 1 is 1.10 bits per heavy atom. The number of nitrogens with zero attached hydrogens (tertiary/aromatic N) is 3. The molecule has 0 spiro atoms. The second-order valence-corrected chi connectivity index (χ2v) is 10.8. The van der Waals surface area contributed by atoms with Gasteiger partial charge in [0.2, 0.25) is 0 Å². The fraction of sp³-hybridized carbons (Fsp3) is 0.290. The number of para-hydroxylation sites is 1. The van der Waals surface area contributed by atoms with Crippen molar-refractivity contribution >= 4 is 23.3 Å². The maximum atomic E-state index is 11.4. The number of ether oxygens (including phenoxy) is 1. The number of carbonyl (C=O) groups is 1. The molecule has 0 radical (unpaired) electrons. The van der Waals surface area contributed by atoms with E-state index in [2.05, 4.69) is 43.1 Å². The number of fused-ring (bicyclic) bond motifs is 1. The highest BCUT2D eigenvalue weighted by molar-refractivity contribution is 6.31. The summed E-state index contributed by atoms with van der Waals surface area (Å²) in [5.74, 6) is 1.21. The smallest absolute Gasteiger partial charge is 0.316 e. The first-order chi connectivity index (χ1) is 18.8. The monoisotopic (exact) mass is 543 g/mol. The van der Waals surface area contributed by atoms with E-state index in [1.165, 1.54) is 5.56 Å². The molecule has 4 aromatic rings. The molecule has 39 heavy (non-hydrogen) atoms. The van der Waals surface area contributed by atoms with Crippen LogP contribution in [0.4, 0.5) is 10.5 Å². The summed E-state index contributed by atoms with van der Waals surface area (Å²) < 4.78 is 8.33. The average Bonchev–Trinajstić information content (AvgIpc) is 3.27. The maximum absolute atomic E-state index is 11.4. The van der Waals surface area contributed by atoms with E-state index in [9.17, 15) is 4.79 Å². The third-order valence-electron chi connectivity index (χ3n) is 6.88. The maximum Gasteiger partial charge on any atom is 0.316 e. The predicted molar refractivity (Wildman–Crippen MR) is 157 cm³/mol. The van der Waals surface area contributed by atoms with E-state index in [0.29, 0.717) is 18.2 Å². The van der Waals surface area contributed by atoms with Crippen LogP contribution >= 0.6 is 11.6 Å². The first-order valence-corrected chi connectivity index (χ1v) is 13.6. The number of hydrogen-bond acceptors (Lipinski definition) is 4. The van der Waals surface area contributed by atoms with Gasteiger partial charge < -0.3 is 15.8 Å². The number of benzene rings is 3. The molecule has 0 fully saturated rings. The SMILES string of the molecule is Cc1cccc(OCC(C)C)c1-n1nc2c(c1-c1ccc(NC(N)=O)cc1)CN(Cc1ccccc1Cl)CC2. The van der Waals surface area contributed by atoms with Crippen molar-refractivity contribution in [2.45, 2.75) is 40.3 Å². The van der Waals surface area contributed by atoms with Crippen molar-refractivity contribution in [3.05, 3.63) is 94.1 Å². The van der Waals surface area contributed by atoms with E-state index in [0.717, 1.165) is 70.6 Å². The Morgan fingerprint density at radius 2 is 1.87 bits per heavy atom. The number of nitrogens with two attached hydrogens (primary N) is 1. The molecule has 2 heterocycles. The Bertz CT molecular complexity index is 1480. The number of primary amides is 1. The van der Waals surface area contributed by atoms with Crippen LogP contribution in [-0.4, -0.2) is 33.9 Å². The summed E-state index contributed by atoms with van der Waals surface area (Å²) in [6.07, 6.45) is 0.829. The lowest BCUT2D eigenvalue weighted by Gasteiger charge is -2.27. The van der Waals surface area contributed by atoms with Crippen LogP contribution in [-0.2, 0) is 19.5 Å². The number of halogens is 1. The minimum Gasteiger partial charge on any atom is -0.491 e. The van der Waals surface area contributed by atoms with Crippen molar-refractivity contribution in [1.29, 1.82) is 0 Å². The number of hydrogen-bond donors (Lipinski definition) is 2. The zero-order valence-corrected chi connectivity index (χ0v) is 23.3. The number of amides is 2. The fourth-order valence-electron chi connectivity index (χ4n) is 5.02. The van der Waals surface area contributed by atoms with Crippen molar-refractivity contribution in [2.75, 3.05) is 18.5 Å². The van der Waals surface area contributed by atoms with Crippen LogP contribution in [0.2, 0.25) is 5.02 Å². The molecule has 3 N–H and O–H groups in total. The van der Waals surface area contributed by atoms with Gasteiger partial charge in [-0.25, -0.2) is 9.48 Å². The largest absolute Gasteiger partial charge is 0.491 e. The Labute approximate surface area is 234 Å². The molecule has 1 aliphatic heterocycles. The van der Waals surface area contributed by atoms with Gasteiger partial charge in [0.25, 0.3) is 0 Å². The number of aryl methyl sites for hydroxylation is 1. The second-order valence-electron chi connectivity index (χ2n) is 10.4. The minimum atomic E-state index is -0.591. The van der Waals surface area contributed by atoms with Gasteiger partial charge in [-0.05, 0) is 48.2 Å². The van der Waals surface area contributed by atoms with E-state index in [-0.39, 0.29) is 0 Å². The molecule has 0 bridgehead atoms. The molecule has 1 aliphatic rings. The van der Waals surface area contributed by atoms with Gasteiger partial charge in [-0.15, -0.1) is 0 Å². The van der Waals surface area contributed by atoms with E-state index in [4.69, 9.17) is 27.2 Å². The van der Waals surface area contributed by atoms with Gasteiger partial charge in [-0.1, -0.05) is 67.9 Å². The summed E-state index contributed by atoms with van der Waals surface area (Å²) in [6, 6.07) is 21.3. The molecule has 0 aliphatic carbocycles. The van der Waals surface area contributed by atoms with Crippen LogP contribution in [0.3, 0.4) is 0 Å². The van der Waals surface area contributed by atoms with Gasteiger partial charge in [0, 0.05) is 47.9 Å². The zero-order chi connectivity index (χ0) is 27.5. The van der Waals surface area contributed by atoms with Gasteiger partial charge >= 0.3 is 6.03 Å². The Hall–Kier alpha value is -3.81. The van der Waals surface area contributed by atoms with Crippen molar-refractivity contribution in [3.8, 4) is 22.7 Å². The Kier molecular flexibility index (Phi) is 7.91. The summed E-state index contributed by atoms with van der Waals surface area (Å²) >= 11 is 6.50. The fourth-order valence-corrected chi connectivity index (χ4v) is 5.22. The molecule has 0 saturated carbocycles. The van der Waals surface area contributed by atoms with Gasteiger partial charge in [0.1, 0.15) is 11.4 Å². The minimum absolute atomic E-state index is 0.396. The van der Waals surface area contributed by atoms with Gasteiger partial charge in [-0.2, -0.15) is 5.10 Å². The van der Waals surface area contributed by atoms with Crippen molar-refractivity contribution in [1.82, 2.24) is 14.7 Å². The topological polar surface area (TPSA) is 85.4 Å². The number of rotatable bonds is 8. The average molecular weight is 544 g/mol.